The van der Waals surface area contributed by atoms with Crippen LogP contribution in [0.5, 0.6) is 0 Å². The Balaban J connectivity index is 1.12. The van der Waals surface area contributed by atoms with Crippen LogP contribution in [-0.4, -0.2) is 39.9 Å². The van der Waals surface area contributed by atoms with E-state index in [0.29, 0.717) is 55.7 Å². The average molecular weight is 445 g/mol. The fourth-order valence-corrected chi connectivity index (χ4v) is 4.18. The van der Waals surface area contributed by atoms with Gasteiger partial charge in [0.1, 0.15) is 0 Å². The molecular formula is C26H28N4O3. The van der Waals surface area contributed by atoms with Crippen molar-refractivity contribution in [1.29, 1.82) is 0 Å². The Labute approximate surface area is 193 Å². The van der Waals surface area contributed by atoms with E-state index in [9.17, 15) is 9.59 Å². The lowest BCUT2D eigenvalue weighted by molar-refractivity contribution is -0.126. The second-order valence-corrected chi connectivity index (χ2v) is 9.08. The molecule has 1 aromatic heterocycles. The zero-order valence-electron chi connectivity index (χ0n) is 18.8. The molecule has 1 aliphatic carbocycles. The minimum Gasteiger partial charge on any atom is -0.352 e. The van der Waals surface area contributed by atoms with Gasteiger partial charge in [-0.3, -0.25) is 9.59 Å². The quantitative estimate of drug-likeness (QED) is 0.619. The van der Waals surface area contributed by atoms with Gasteiger partial charge in [0.2, 0.25) is 17.6 Å². The molecule has 2 amide bonds. The van der Waals surface area contributed by atoms with E-state index in [-0.39, 0.29) is 17.7 Å². The van der Waals surface area contributed by atoms with Crippen molar-refractivity contribution in [2.24, 2.45) is 5.92 Å². The molecule has 0 atom stereocenters. The van der Waals surface area contributed by atoms with Crippen molar-refractivity contribution in [2.75, 3.05) is 13.1 Å². The summed E-state index contributed by atoms with van der Waals surface area (Å²) in [5.74, 6) is 1.69. The number of hydrogen-bond acceptors (Lipinski definition) is 5. The summed E-state index contributed by atoms with van der Waals surface area (Å²) in [6.07, 6.45) is 3.58. The number of amides is 2. The molecular weight excluding hydrogens is 416 g/mol. The largest absolute Gasteiger partial charge is 0.352 e. The van der Waals surface area contributed by atoms with Crippen molar-refractivity contribution in [3.05, 3.63) is 71.1 Å². The summed E-state index contributed by atoms with van der Waals surface area (Å²) in [6.45, 7) is 3.74. The second-order valence-electron chi connectivity index (χ2n) is 9.08. The van der Waals surface area contributed by atoms with Crippen LogP contribution in [0.1, 0.15) is 59.0 Å². The fourth-order valence-electron chi connectivity index (χ4n) is 4.18. The van der Waals surface area contributed by atoms with Crippen LogP contribution in [0.2, 0.25) is 0 Å². The average Bonchev–Trinajstić information content (AvgIpc) is 3.59. The molecule has 1 saturated carbocycles. The van der Waals surface area contributed by atoms with Crippen molar-refractivity contribution < 1.29 is 14.1 Å². The highest BCUT2D eigenvalue weighted by Gasteiger charge is 2.30. The lowest BCUT2D eigenvalue weighted by Gasteiger charge is -2.31. The Bertz CT molecular complexity index is 1130. The van der Waals surface area contributed by atoms with Crippen LogP contribution in [0.25, 0.3) is 11.4 Å². The lowest BCUT2D eigenvalue weighted by Crippen LogP contribution is -2.42. The molecule has 2 fully saturated rings. The van der Waals surface area contributed by atoms with Crippen molar-refractivity contribution in [3.8, 4) is 11.4 Å². The Morgan fingerprint density at radius 1 is 1.00 bits per heavy atom. The topological polar surface area (TPSA) is 88.3 Å². The number of hydrogen-bond donors (Lipinski definition) is 1. The van der Waals surface area contributed by atoms with Gasteiger partial charge in [0, 0.05) is 42.6 Å². The highest BCUT2D eigenvalue weighted by Crippen LogP contribution is 2.39. The number of carbonyl (C=O) groups excluding carboxylic acids is 2. The third kappa shape index (κ3) is 4.97. The van der Waals surface area contributed by atoms with E-state index in [0.717, 1.165) is 24.0 Å². The summed E-state index contributed by atoms with van der Waals surface area (Å²) in [6, 6.07) is 15.5. The number of likely N-dealkylation sites (tertiary alicyclic amines) is 1. The molecule has 170 valence electrons. The van der Waals surface area contributed by atoms with E-state index >= 15 is 0 Å². The van der Waals surface area contributed by atoms with Crippen LogP contribution in [-0.2, 0) is 11.3 Å². The molecule has 0 bridgehead atoms. The summed E-state index contributed by atoms with van der Waals surface area (Å²) in [5, 5.41) is 7.09. The first-order valence-electron chi connectivity index (χ1n) is 11.6. The van der Waals surface area contributed by atoms with Gasteiger partial charge in [-0.15, -0.1) is 0 Å². The lowest BCUT2D eigenvalue weighted by atomic mass is 9.95. The number of benzene rings is 2. The molecule has 2 aliphatic rings. The fraction of sp³-hybridized carbons (Fsp3) is 0.385. The van der Waals surface area contributed by atoms with Gasteiger partial charge in [-0.25, -0.2) is 0 Å². The molecule has 7 heteroatoms. The molecule has 1 N–H and O–H groups in total. The Hall–Kier alpha value is -3.48. The van der Waals surface area contributed by atoms with Gasteiger partial charge < -0.3 is 14.7 Å². The minimum atomic E-state index is -0.0548. The zero-order chi connectivity index (χ0) is 22.8. The first-order valence-corrected chi connectivity index (χ1v) is 11.6. The standard InChI is InChI=1S/C26H28N4O3/c1-17-2-4-18(5-3-17)16-27-24(31)20-12-14-30(15-13-20)26(32)22-10-6-19(7-11-22)23-28-25(33-29-23)21-8-9-21/h2-7,10-11,20-21H,8-9,12-16H2,1H3,(H,27,31). The molecule has 7 nitrogen and oxygen atoms in total. The van der Waals surface area contributed by atoms with Crippen molar-refractivity contribution in [2.45, 2.75) is 45.1 Å². The number of rotatable bonds is 6. The number of aromatic nitrogens is 2. The van der Waals surface area contributed by atoms with Gasteiger partial charge in [-0.05, 0) is 50.3 Å². The summed E-state index contributed by atoms with van der Waals surface area (Å²) in [7, 11) is 0. The molecule has 2 aromatic carbocycles. The number of piperidine rings is 1. The highest BCUT2D eigenvalue weighted by atomic mass is 16.5. The monoisotopic (exact) mass is 444 g/mol. The summed E-state index contributed by atoms with van der Waals surface area (Å²) in [5.41, 5.74) is 3.77. The molecule has 33 heavy (non-hydrogen) atoms. The molecule has 1 aliphatic heterocycles. The first-order chi connectivity index (χ1) is 16.1. The second kappa shape index (κ2) is 9.17. The maximum atomic E-state index is 12.9. The van der Waals surface area contributed by atoms with Crippen molar-refractivity contribution in [1.82, 2.24) is 20.4 Å². The highest BCUT2D eigenvalue weighted by molar-refractivity contribution is 5.94. The van der Waals surface area contributed by atoms with Gasteiger partial charge in [0.25, 0.3) is 5.91 Å². The Kier molecular flexibility index (Phi) is 5.94. The number of nitrogens with zero attached hydrogens (tertiary/aromatic N) is 3. The van der Waals surface area contributed by atoms with Crippen LogP contribution in [0.3, 0.4) is 0 Å². The number of aryl methyl sites for hydroxylation is 1. The van der Waals surface area contributed by atoms with Gasteiger partial charge in [0.05, 0.1) is 0 Å². The SMILES string of the molecule is Cc1ccc(CNC(=O)C2CCN(C(=O)c3ccc(-c4noc(C5CC5)n4)cc3)CC2)cc1. The predicted molar refractivity (Wildman–Crippen MR) is 123 cm³/mol. The molecule has 1 saturated heterocycles. The third-order valence-corrected chi connectivity index (χ3v) is 6.50. The zero-order valence-corrected chi connectivity index (χ0v) is 18.8. The molecule has 0 spiro atoms. The molecule has 0 unspecified atom stereocenters. The molecule has 0 radical (unpaired) electrons. The maximum absolute atomic E-state index is 12.9. The van der Waals surface area contributed by atoms with Crippen molar-refractivity contribution >= 4 is 11.8 Å². The van der Waals surface area contributed by atoms with E-state index in [1.54, 1.807) is 0 Å². The third-order valence-electron chi connectivity index (χ3n) is 6.50. The van der Waals surface area contributed by atoms with E-state index < -0.39 is 0 Å². The van der Waals surface area contributed by atoms with Gasteiger partial charge >= 0.3 is 0 Å². The number of carbonyl (C=O) groups is 2. The van der Waals surface area contributed by atoms with Crippen LogP contribution >= 0.6 is 0 Å². The number of nitrogens with one attached hydrogen (secondary N) is 1. The predicted octanol–water partition coefficient (Wildman–Crippen LogP) is 4.09. The van der Waals surface area contributed by atoms with Crippen LogP contribution < -0.4 is 5.32 Å². The molecule has 2 heterocycles. The summed E-state index contributed by atoms with van der Waals surface area (Å²) in [4.78, 5) is 31.8. The maximum Gasteiger partial charge on any atom is 0.253 e. The van der Waals surface area contributed by atoms with E-state index in [1.165, 1.54) is 5.56 Å². The van der Waals surface area contributed by atoms with E-state index in [4.69, 9.17) is 4.52 Å². The normalized spacial score (nSPS) is 16.6. The van der Waals surface area contributed by atoms with Crippen LogP contribution in [0.4, 0.5) is 0 Å². The molecule has 5 rings (SSSR count). The summed E-state index contributed by atoms with van der Waals surface area (Å²) < 4.78 is 5.32. The Morgan fingerprint density at radius 2 is 1.70 bits per heavy atom. The van der Waals surface area contributed by atoms with Crippen LogP contribution in [0.15, 0.2) is 53.1 Å². The van der Waals surface area contributed by atoms with E-state index in [1.807, 2.05) is 60.4 Å². The van der Waals surface area contributed by atoms with Gasteiger partial charge in [-0.2, -0.15) is 4.98 Å². The minimum absolute atomic E-state index is 0.00755. The van der Waals surface area contributed by atoms with Gasteiger partial charge in [-0.1, -0.05) is 47.1 Å². The first kappa shape index (κ1) is 21.4. The smallest absolute Gasteiger partial charge is 0.253 e. The van der Waals surface area contributed by atoms with Crippen LogP contribution in [0, 0.1) is 12.8 Å². The summed E-state index contributed by atoms with van der Waals surface area (Å²) >= 11 is 0. The Morgan fingerprint density at radius 3 is 2.36 bits per heavy atom. The van der Waals surface area contributed by atoms with Gasteiger partial charge in [0.15, 0.2) is 0 Å². The molecule has 3 aromatic rings. The van der Waals surface area contributed by atoms with E-state index in [2.05, 4.69) is 15.5 Å². The van der Waals surface area contributed by atoms with Crippen molar-refractivity contribution in [3.63, 3.8) is 0 Å².